The number of rotatable bonds is 1. The monoisotopic (exact) mass is 257 g/mol. The smallest absolute Gasteiger partial charge is 0.423 e. The fraction of sp³-hybridized carbons (Fsp3) is 0. The Morgan fingerprint density at radius 2 is 2.14 bits per heavy atom. The normalized spacial score (nSPS) is 10.9. The summed E-state index contributed by atoms with van der Waals surface area (Å²) in [6, 6.07) is 3.15. The van der Waals surface area contributed by atoms with Gasteiger partial charge in [0.15, 0.2) is 0 Å². The molecule has 2 aromatic rings. The van der Waals surface area contributed by atoms with Gasteiger partial charge in [-0.05, 0) is 28.1 Å². The molecule has 1 heterocycles. The zero-order valence-corrected chi connectivity index (χ0v) is 8.55. The van der Waals surface area contributed by atoms with Gasteiger partial charge in [-0.15, -0.1) is 0 Å². The third kappa shape index (κ3) is 1.35. The maximum Gasteiger partial charge on any atom is 0.492 e. The number of hydrogen-bond donors (Lipinski definition) is 3. The summed E-state index contributed by atoms with van der Waals surface area (Å²) in [4.78, 5) is 2.86. The molecule has 0 aliphatic carbocycles. The fourth-order valence-electron chi connectivity index (χ4n) is 1.43. The van der Waals surface area contributed by atoms with E-state index >= 15 is 0 Å². The van der Waals surface area contributed by atoms with E-state index in [1.165, 1.54) is 0 Å². The van der Waals surface area contributed by atoms with Crippen molar-refractivity contribution in [3.8, 4) is 0 Å². The molecule has 0 bridgehead atoms. The second-order valence-electron chi connectivity index (χ2n) is 2.90. The van der Waals surface area contributed by atoms with Crippen molar-refractivity contribution >= 4 is 39.4 Å². The second-order valence-corrected chi connectivity index (χ2v) is 3.75. The number of H-pyrrole nitrogens is 1. The third-order valence-electron chi connectivity index (χ3n) is 2.04. The van der Waals surface area contributed by atoms with Crippen LogP contribution in [0.2, 0.25) is 0 Å². The maximum atomic E-state index is 13.5. The van der Waals surface area contributed by atoms with Gasteiger partial charge in [0.1, 0.15) is 5.82 Å². The molecule has 3 N–H and O–H groups in total. The van der Waals surface area contributed by atoms with Crippen LogP contribution in [0.5, 0.6) is 0 Å². The van der Waals surface area contributed by atoms with Crippen molar-refractivity contribution in [2.24, 2.45) is 0 Å². The van der Waals surface area contributed by atoms with Crippen molar-refractivity contribution in [1.82, 2.24) is 4.98 Å². The number of hydrogen-bond acceptors (Lipinski definition) is 2. The topological polar surface area (TPSA) is 56.2 Å². The number of benzene rings is 1. The predicted molar refractivity (Wildman–Crippen MR) is 55.8 cm³/mol. The number of fused-ring (bicyclic) bond motifs is 1. The van der Waals surface area contributed by atoms with Crippen LogP contribution < -0.4 is 5.46 Å². The molecule has 6 heteroatoms. The number of aromatic nitrogens is 1. The number of nitrogens with one attached hydrogen (secondary N) is 1. The molecule has 0 fully saturated rings. The lowest BCUT2D eigenvalue weighted by Crippen LogP contribution is -2.33. The van der Waals surface area contributed by atoms with Crippen LogP contribution in [0.25, 0.3) is 10.9 Å². The summed E-state index contributed by atoms with van der Waals surface area (Å²) >= 11 is 3.00. The maximum absolute atomic E-state index is 13.5. The zero-order valence-electron chi connectivity index (χ0n) is 6.96. The van der Waals surface area contributed by atoms with Crippen molar-refractivity contribution < 1.29 is 14.4 Å². The Kier molecular flexibility index (Phi) is 2.34. The highest BCUT2D eigenvalue weighted by Crippen LogP contribution is 2.20. The molecule has 0 saturated carbocycles. The molecule has 0 spiro atoms. The molecule has 2 rings (SSSR count). The summed E-state index contributed by atoms with van der Waals surface area (Å²) in [6.07, 6.45) is 1.61. The van der Waals surface area contributed by atoms with Gasteiger partial charge < -0.3 is 15.0 Å². The molecule has 14 heavy (non-hydrogen) atoms. The summed E-state index contributed by atoms with van der Waals surface area (Å²) in [5, 5.41) is 18.5. The van der Waals surface area contributed by atoms with Gasteiger partial charge in [-0.2, -0.15) is 0 Å². The van der Waals surface area contributed by atoms with E-state index in [1.807, 2.05) is 0 Å². The van der Waals surface area contributed by atoms with Gasteiger partial charge in [0, 0.05) is 22.6 Å². The summed E-state index contributed by atoms with van der Waals surface area (Å²) in [6.45, 7) is 0. The Bertz CT molecular complexity index is 485. The summed E-state index contributed by atoms with van der Waals surface area (Å²) in [5.41, 5.74) is 0.539. The van der Waals surface area contributed by atoms with E-state index in [0.717, 1.165) is 0 Å². The molecule has 0 aliphatic rings. The average Bonchev–Trinajstić information content (AvgIpc) is 2.52. The Hall–Kier alpha value is -0.845. The Morgan fingerprint density at radius 1 is 1.43 bits per heavy atom. The van der Waals surface area contributed by atoms with E-state index < -0.39 is 12.9 Å². The van der Waals surface area contributed by atoms with Crippen molar-refractivity contribution in [3.63, 3.8) is 0 Å². The third-order valence-corrected chi connectivity index (χ3v) is 2.62. The van der Waals surface area contributed by atoms with Crippen LogP contribution in [0.4, 0.5) is 4.39 Å². The highest BCUT2D eigenvalue weighted by atomic mass is 79.9. The van der Waals surface area contributed by atoms with Gasteiger partial charge in [0.2, 0.25) is 0 Å². The molecule has 1 aromatic carbocycles. The zero-order chi connectivity index (χ0) is 10.3. The van der Waals surface area contributed by atoms with E-state index in [-0.39, 0.29) is 9.94 Å². The molecule has 0 atom stereocenters. The summed E-state index contributed by atoms with van der Waals surface area (Å²) < 4.78 is 13.7. The minimum absolute atomic E-state index is 0.115. The lowest BCUT2D eigenvalue weighted by Gasteiger charge is -2.05. The molecule has 0 radical (unpaired) electrons. The predicted octanol–water partition coefficient (Wildman–Crippen LogP) is 0.749. The minimum atomic E-state index is -1.81. The van der Waals surface area contributed by atoms with Gasteiger partial charge in [0.25, 0.3) is 0 Å². The van der Waals surface area contributed by atoms with Crippen LogP contribution in [0, 0.1) is 5.82 Å². The first-order valence-corrected chi connectivity index (χ1v) is 4.71. The van der Waals surface area contributed by atoms with Gasteiger partial charge in [0.05, 0.1) is 4.47 Å². The van der Waals surface area contributed by atoms with E-state index in [4.69, 9.17) is 10.0 Å². The van der Waals surface area contributed by atoms with Crippen LogP contribution in [-0.4, -0.2) is 22.2 Å². The Balaban J connectivity index is 2.86. The van der Waals surface area contributed by atoms with Gasteiger partial charge in [-0.1, -0.05) is 0 Å². The summed E-state index contributed by atoms with van der Waals surface area (Å²) in [7, 11) is -1.81. The first-order chi connectivity index (χ1) is 6.61. The highest BCUT2D eigenvalue weighted by Gasteiger charge is 2.22. The minimum Gasteiger partial charge on any atom is -0.423 e. The van der Waals surface area contributed by atoms with E-state index in [9.17, 15) is 4.39 Å². The molecule has 0 unspecified atom stereocenters. The number of aromatic amines is 1. The highest BCUT2D eigenvalue weighted by molar-refractivity contribution is 9.10. The van der Waals surface area contributed by atoms with Crippen molar-refractivity contribution in [2.45, 2.75) is 0 Å². The van der Waals surface area contributed by atoms with Crippen molar-refractivity contribution in [3.05, 3.63) is 28.6 Å². The molecule has 3 nitrogen and oxygen atoms in total. The molecule has 72 valence electrons. The van der Waals surface area contributed by atoms with Gasteiger partial charge in [-0.25, -0.2) is 4.39 Å². The largest absolute Gasteiger partial charge is 0.492 e. The van der Waals surface area contributed by atoms with Gasteiger partial charge >= 0.3 is 7.12 Å². The van der Waals surface area contributed by atoms with Crippen LogP contribution in [0.3, 0.4) is 0 Å². The molecule has 1 aromatic heterocycles. The van der Waals surface area contributed by atoms with E-state index in [0.29, 0.717) is 10.9 Å². The Labute approximate surface area is 87.8 Å². The van der Waals surface area contributed by atoms with Crippen LogP contribution >= 0.6 is 15.9 Å². The summed E-state index contributed by atoms with van der Waals surface area (Å²) in [5.74, 6) is -0.646. The molecule has 0 saturated heterocycles. The quantitative estimate of drug-likeness (QED) is 0.661. The SMILES string of the molecule is OB(O)c1c(F)c(Br)cc2[nH]ccc12. The number of halogens is 2. The molecule has 0 amide bonds. The fourth-order valence-corrected chi connectivity index (χ4v) is 1.87. The van der Waals surface area contributed by atoms with E-state index in [2.05, 4.69) is 20.9 Å². The van der Waals surface area contributed by atoms with Crippen LogP contribution in [-0.2, 0) is 0 Å². The standard InChI is InChI=1S/C8H6BBrFNO2/c10-5-3-6-4(1-2-12-6)7(8(5)11)9(13)14/h1-3,12-14H. The van der Waals surface area contributed by atoms with Crippen LogP contribution in [0.1, 0.15) is 0 Å². The van der Waals surface area contributed by atoms with Gasteiger partial charge in [-0.3, -0.25) is 0 Å². The average molecular weight is 258 g/mol. The molecule has 0 aliphatic heterocycles. The lowest BCUT2D eigenvalue weighted by atomic mass is 9.77. The lowest BCUT2D eigenvalue weighted by molar-refractivity contribution is 0.423. The first kappa shape index (κ1) is 9.70. The van der Waals surface area contributed by atoms with Crippen molar-refractivity contribution in [2.75, 3.05) is 0 Å². The molecular formula is C8H6BBrFNO2. The van der Waals surface area contributed by atoms with E-state index in [1.54, 1.807) is 18.3 Å². The Morgan fingerprint density at radius 3 is 2.79 bits per heavy atom. The second kappa shape index (κ2) is 3.38. The molecular weight excluding hydrogens is 252 g/mol. The first-order valence-electron chi connectivity index (χ1n) is 3.92. The van der Waals surface area contributed by atoms with Crippen molar-refractivity contribution in [1.29, 1.82) is 0 Å². The van der Waals surface area contributed by atoms with Crippen LogP contribution in [0.15, 0.2) is 22.8 Å².